The summed E-state index contributed by atoms with van der Waals surface area (Å²) in [4.78, 5) is 0. The molecule has 0 saturated heterocycles. The Balaban J connectivity index is 2.11. The summed E-state index contributed by atoms with van der Waals surface area (Å²) in [6.07, 6.45) is 0. The van der Waals surface area contributed by atoms with E-state index in [1.165, 1.54) is 0 Å². The van der Waals surface area contributed by atoms with E-state index in [9.17, 15) is 5.11 Å². The average molecular weight is 317 g/mol. The molecule has 0 heterocycles. The Bertz CT molecular complexity index is 847. The van der Waals surface area contributed by atoms with E-state index in [0.717, 1.165) is 10.8 Å². The van der Waals surface area contributed by atoms with Gasteiger partial charge in [0.15, 0.2) is 0 Å². The van der Waals surface area contributed by atoms with Crippen molar-refractivity contribution in [1.82, 2.24) is 0 Å². The van der Waals surface area contributed by atoms with Gasteiger partial charge in [-0.25, -0.2) is 0 Å². The molecule has 0 aromatic heterocycles. The lowest BCUT2D eigenvalue weighted by atomic mass is 10.1. The molecular weight excluding hydrogens is 307 g/mol. The van der Waals surface area contributed by atoms with Crippen LogP contribution in [0.4, 0.5) is 11.4 Å². The Labute approximate surface area is 131 Å². The zero-order chi connectivity index (χ0) is 14.8. The van der Waals surface area contributed by atoms with Gasteiger partial charge in [-0.2, -0.15) is 0 Å². The number of rotatable bonds is 2. The standard InChI is InChI=1S/C16H10Cl2N2O/c17-11-6-7-13(18)14(9-11)19-20-16-12-4-2-1-3-10(12)5-8-15(16)21/h1-9,21H. The molecular formula is C16H10Cl2N2O. The largest absolute Gasteiger partial charge is 0.506 e. The molecule has 1 N–H and O–H groups in total. The Hall–Kier alpha value is -2.10. The minimum atomic E-state index is 0.0654. The van der Waals surface area contributed by atoms with Crippen molar-refractivity contribution in [2.75, 3.05) is 0 Å². The van der Waals surface area contributed by atoms with Gasteiger partial charge in [-0.1, -0.05) is 53.5 Å². The summed E-state index contributed by atoms with van der Waals surface area (Å²) in [5.74, 6) is 0.0654. The van der Waals surface area contributed by atoms with E-state index >= 15 is 0 Å². The molecule has 0 unspecified atom stereocenters. The van der Waals surface area contributed by atoms with E-state index in [2.05, 4.69) is 10.2 Å². The summed E-state index contributed by atoms with van der Waals surface area (Å²) in [5, 5.41) is 21.0. The number of hydrogen-bond acceptors (Lipinski definition) is 3. The smallest absolute Gasteiger partial charge is 0.143 e. The first-order valence-corrected chi connectivity index (χ1v) is 6.98. The monoisotopic (exact) mass is 316 g/mol. The van der Waals surface area contributed by atoms with Crippen LogP contribution in [0.1, 0.15) is 0 Å². The van der Waals surface area contributed by atoms with Crippen LogP contribution in [0.25, 0.3) is 10.8 Å². The lowest BCUT2D eigenvalue weighted by molar-refractivity contribution is 0.477. The molecule has 0 atom stereocenters. The molecule has 0 spiro atoms. The van der Waals surface area contributed by atoms with Gasteiger partial charge in [0.05, 0.1) is 5.02 Å². The van der Waals surface area contributed by atoms with Crippen molar-refractivity contribution in [3.8, 4) is 5.75 Å². The molecule has 0 amide bonds. The van der Waals surface area contributed by atoms with E-state index in [4.69, 9.17) is 23.2 Å². The molecule has 21 heavy (non-hydrogen) atoms. The lowest BCUT2D eigenvalue weighted by Crippen LogP contribution is -1.75. The minimum Gasteiger partial charge on any atom is -0.506 e. The van der Waals surface area contributed by atoms with Gasteiger partial charge in [0.1, 0.15) is 17.1 Å². The maximum absolute atomic E-state index is 10.00. The fourth-order valence-corrected chi connectivity index (χ4v) is 2.34. The molecule has 3 rings (SSSR count). The SMILES string of the molecule is Oc1ccc2ccccc2c1N=Nc1cc(Cl)ccc1Cl. The van der Waals surface area contributed by atoms with Crippen LogP contribution in [0, 0.1) is 0 Å². The second kappa shape index (κ2) is 5.72. The van der Waals surface area contributed by atoms with Crippen molar-refractivity contribution >= 4 is 45.3 Å². The van der Waals surface area contributed by atoms with Crippen LogP contribution < -0.4 is 0 Å². The summed E-state index contributed by atoms with van der Waals surface area (Å²) in [5.41, 5.74) is 0.862. The van der Waals surface area contributed by atoms with Crippen LogP contribution >= 0.6 is 23.2 Å². The number of benzene rings is 3. The van der Waals surface area contributed by atoms with Crippen LogP contribution in [0.15, 0.2) is 64.8 Å². The highest BCUT2D eigenvalue weighted by molar-refractivity contribution is 6.35. The van der Waals surface area contributed by atoms with Gasteiger partial charge in [0.25, 0.3) is 0 Å². The van der Waals surface area contributed by atoms with Crippen molar-refractivity contribution < 1.29 is 5.11 Å². The van der Waals surface area contributed by atoms with Crippen LogP contribution in [-0.2, 0) is 0 Å². The van der Waals surface area contributed by atoms with Crippen LogP contribution in [-0.4, -0.2) is 5.11 Å². The first-order chi connectivity index (χ1) is 10.1. The van der Waals surface area contributed by atoms with Gasteiger partial charge < -0.3 is 5.11 Å². The zero-order valence-electron chi connectivity index (χ0n) is 10.8. The molecule has 5 heteroatoms. The summed E-state index contributed by atoms with van der Waals surface area (Å²) in [6, 6.07) is 16.0. The Morgan fingerprint density at radius 1 is 0.857 bits per heavy atom. The van der Waals surface area contributed by atoms with Gasteiger partial charge >= 0.3 is 0 Å². The quantitative estimate of drug-likeness (QED) is 0.556. The van der Waals surface area contributed by atoms with E-state index in [1.54, 1.807) is 24.3 Å². The molecule has 3 aromatic carbocycles. The molecule has 0 bridgehead atoms. The van der Waals surface area contributed by atoms with Crippen molar-refractivity contribution in [2.45, 2.75) is 0 Å². The van der Waals surface area contributed by atoms with Gasteiger partial charge in [-0.05, 0) is 29.7 Å². The molecule has 104 valence electrons. The van der Waals surface area contributed by atoms with Crippen molar-refractivity contribution in [2.24, 2.45) is 10.2 Å². The van der Waals surface area contributed by atoms with Gasteiger partial charge in [-0.3, -0.25) is 0 Å². The van der Waals surface area contributed by atoms with Crippen molar-refractivity contribution in [3.63, 3.8) is 0 Å². The Kier molecular flexibility index (Phi) is 3.78. The third-order valence-corrected chi connectivity index (χ3v) is 3.60. The van der Waals surface area contributed by atoms with Gasteiger partial charge in [0.2, 0.25) is 0 Å². The third kappa shape index (κ3) is 2.84. The zero-order valence-corrected chi connectivity index (χ0v) is 12.3. The minimum absolute atomic E-state index is 0.0654. The predicted octanol–water partition coefficient (Wildman–Crippen LogP) is 6.27. The number of phenolic OH excluding ortho intramolecular Hbond substituents is 1. The summed E-state index contributed by atoms with van der Waals surface area (Å²) in [7, 11) is 0. The number of azo groups is 1. The molecule has 0 fully saturated rings. The fourth-order valence-electron chi connectivity index (χ4n) is 2.02. The molecule has 0 aliphatic rings. The Morgan fingerprint density at radius 2 is 1.67 bits per heavy atom. The fraction of sp³-hybridized carbons (Fsp3) is 0. The molecule has 0 aliphatic carbocycles. The topological polar surface area (TPSA) is 45.0 Å². The molecule has 3 nitrogen and oxygen atoms in total. The molecule has 0 radical (unpaired) electrons. The maximum atomic E-state index is 10.00. The third-order valence-electron chi connectivity index (χ3n) is 3.05. The van der Waals surface area contributed by atoms with Crippen LogP contribution in [0.3, 0.4) is 0 Å². The van der Waals surface area contributed by atoms with Gasteiger partial charge in [-0.15, -0.1) is 10.2 Å². The number of nitrogens with zero attached hydrogens (tertiary/aromatic N) is 2. The van der Waals surface area contributed by atoms with Crippen molar-refractivity contribution in [1.29, 1.82) is 0 Å². The number of halogens is 2. The lowest BCUT2D eigenvalue weighted by Gasteiger charge is -2.04. The van der Waals surface area contributed by atoms with Gasteiger partial charge in [0, 0.05) is 10.4 Å². The summed E-state index contributed by atoms with van der Waals surface area (Å²) < 4.78 is 0. The second-order valence-corrected chi connectivity index (χ2v) is 5.29. The van der Waals surface area contributed by atoms with E-state index in [1.807, 2.05) is 30.3 Å². The maximum Gasteiger partial charge on any atom is 0.143 e. The highest BCUT2D eigenvalue weighted by Gasteiger charge is 2.06. The number of hydrogen-bond donors (Lipinski definition) is 1. The highest BCUT2D eigenvalue weighted by Crippen LogP contribution is 2.37. The van der Waals surface area contributed by atoms with E-state index < -0.39 is 0 Å². The van der Waals surface area contributed by atoms with Crippen LogP contribution in [0.2, 0.25) is 10.0 Å². The average Bonchev–Trinajstić information content (AvgIpc) is 2.49. The molecule has 0 saturated carbocycles. The van der Waals surface area contributed by atoms with E-state index in [0.29, 0.717) is 21.4 Å². The second-order valence-electron chi connectivity index (χ2n) is 4.45. The molecule has 0 aliphatic heterocycles. The molecule has 3 aromatic rings. The normalized spacial score (nSPS) is 11.3. The highest BCUT2D eigenvalue weighted by atomic mass is 35.5. The first kappa shape index (κ1) is 13.9. The number of aromatic hydroxyl groups is 1. The summed E-state index contributed by atoms with van der Waals surface area (Å²) in [6.45, 7) is 0. The van der Waals surface area contributed by atoms with Crippen molar-refractivity contribution in [3.05, 3.63) is 64.6 Å². The van der Waals surface area contributed by atoms with E-state index in [-0.39, 0.29) is 5.75 Å². The first-order valence-electron chi connectivity index (χ1n) is 6.22. The predicted molar refractivity (Wildman–Crippen MR) is 86.3 cm³/mol. The number of phenols is 1. The Morgan fingerprint density at radius 3 is 2.52 bits per heavy atom. The summed E-state index contributed by atoms with van der Waals surface area (Å²) >= 11 is 12.0. The van der Waals surface area contributed by atoms with Crippen LogP contribution in [0.5, 0.6) is 5.75 Å². The number of fused-ring (bicyclic) bond motifs is 1.